The molecule has 1 atom stereocenters. The van der Waals surface area contributed by atoms with Gasteiger partial charge in [-0.05, 0) is 61.2 Å². The molecule has 1 fully saturated rings. The average Bonchev–Trinajstić information content (AvgIpc) is 3.49. The van der Waals surface area contributed by atoms with Crippen molar-refractivity contribution >= 4 is 28.8 Å². The Morgan fingerprint density at radius 3 is 2.62 bits per heavy atom. The number of carbonyl (C=O) groups is 2. The quantitative estimate of drug-likeness (QED) is 0.577. The molecule has 166 valence electrons. The third-order valence-electron chi connectivity index (χ3n) is 5.38. The van der Waals surface area contributed by atoms with Gasteiger partial charge in [-0.25, -0.2) is 4.39 Å². The van der Waals surface area contributed by atoms with Crippen molar-refractivity contribution in [1.29, 1.82) is 0 Å². The van der Waals surface area contributed by atoms with E-state index in [9.17, 15) is 14.0 Å². The number of methoxy groups -OCH3 is 1. The fraction of sp³-hybridized carbons (Fsp3) is 0.304. The second-order valence-electron chi connectivity index (χ2n) is 7.50. The number of aryl methyl sites for hydroxylation is 1. The summed E-state index contributed by atoms with van der Waals surface area (Å²) in [6, 6.07) is 13.0. The maximum Gasteiger partial charge on any atom is 0.286 e. The molecule has 4 rings (SSSR count). The largest absolute Gasteiger partial charge is 0.497 e. The van der Waals surface area contributed by atoms with Crippen molar-refractivity contribution in [1.82, 2.24) is 15.1 Å². The van der Waals surface area contributed by atoms with Gasteiger partial charge in [0.1, 0.15) is 16.6 Å². The number of nitrogens with one attached hydrogen (secondary N) is 1. The molecule has 2 heterocycles. The standard InChI is InChI=1S/C23H23FN4O3S/c1-31-18-11-4-15(5-12-18)6-13-20(29)28-14-2-3-19(28)22-26-27-23(32-22)21(30)25-17-9-7-16(24)8-10-17/h4-5,7-12,19H,2-3,6,13-14H2,1H3,(H,25,30)/t19-/m1/s1. The van der Waals surface area contributed by atoms with Gasteiger partial charge in [0.05, 0.1) is 13.2 Å². The van der Waals surface area contributed by atoms with Crippen molar-refractivity contribution in [3.8, 4) is 5.75 Å². The Bertz CT molecular complexity index is 1090. The predicted octanol–water partition coefficient (Wildman–Crippen LogP) is 4.23. The van der Waals surface area contributed by atoms with Gasteiger partial charge >= 0.3 is 0 Å². The molecule has 0 bridgehead atoms. The van der Waals surface area contributed by atoms with Gasteiger partial charge in [-0.15, -0.1) is 10.2 Å². The molecule has 0 unspecified atom stereocenters. The number of ether oxygens (including phenoxy) is 1. The lowest BCUT2D eigenvalue weighted by Gasteiger charge is -2.22. The minimum atomic E-state index is -0.407. The van der Waals surface area contributed by atoms with E-state index in [1.165, 1.54) is 35.6 Å². The second kappa shape index (κ2) is 9.86. The zero-order chi connectivity index (χ0) is 22.5. The van der Waals surface area contributed by atoms with E-state index in [4.69, 9.17) is 4.74 Å². The molecule has 32 heavy (non-hydrogen) atoms. The average molecular weight is 455 g/mol. The molecule has 1 aromatic heterocycles. The molecule has 1 N–H and O–H groups in total. The molecular formula is C23H23FN4O3S. The number of rotatable bonds is 7. The molecule has 1 saturated heterocycles. The van der Waals surface area contributed by atoms with Crippen LogP contribution in [0.3, 0.4) is 0 Å². The first-order valence-electron chi connectivity index (χ1n) is 10.4. The van der Waals surface area contributed by atoms with E-state index in [-0.39, 0.29) is 22.8 Å². The highest BCUT2D eigenvalue weighted by molar-refractivity contribution is 7.13. The number of halogens is 1. The summed E-state index contributed by atoms with van der Waals surface area (Å²) >= 11 is 1.18. The second-order valence-corrected chi connectivity index (χ2v) is 8.51. The molecule has 7 nitrogen and oxygen atoms in total. The Labute approximate surface area is 189 Å². The molecule has 0 aliphatic carbocycles. The molecular weight excluding hydrogens is 431 g/mol. The summed E-state index contributed by atoms with van der Waals surface area (Å²) in [5, 5.41) is 11.7. The number of amides is 2. The topological polar surface area (TPSA) is 84.4 Å². The first kappa shape index (κ1) is 21.9. The molecule has 0 saturated carbocycles. The van der Waals surface area contributed by atoms with Crippen LogP contribution in [0.5, 0.6) is 5.75 Å². The highest BCUT2D eigenvalue weighted by Crippen LogP contribution is 2.34. The summed E-state index contributed by atoms with van der Waals surface area (Å²) in [6.45, 7) is 0.669. The normalized spacial score (nSPS) is 15.6. The highest BCUT2D eigenvalue weighted by atomic mass is 32.1. The zero-order valence-corrected chi connectivity index (χ0v) is 18.4. The number of anilines is 1. The van der Waals surface area contributed by atoms with E-state index in [2.05, 4.69) is 15.5 Å². The van der Waals surface area contributed by atoms with Crippen LogP contribution in [0.1, 0.15) is 45.7 Å². The summed E-state index contributed by atoms with van der Waals surface area (Å²) in [7, 11) is 1.62. The van der Waals surface area contributed by atoms with E-state index >= 15 is 0 Å². The fourth-order valence-electron chi connectivity index (χ4n) is 3.69. The third kappa shape index (κ3) is 5.11. The molecule has 0 spiro atoms. The van der Waals surface area contributed by atoms with Gasteiger partial charge in [0.25, 0.3) is 5.91 Å². The first-order chi connectivity index (χ1) is 15.5. The Morgan fingerprint density at radius 2 is 1.91 bits per heavy atom. The number of likely N-dealkylation sites (tertiary alicyclic amines) is 1. The predicted molar refractivity (Wildman–Crippen MR) is 119 cm³/mol. The lowest BCUT2D eigenvalue weighted by Crippen LogP contribution is -2.30. The molecule has 0 radical (unpaired) electrons. The van der Waals surface area contributed by atoms with Crippen molar-refractivity contribution in [2.45, 2.75) is 31.7 Å². The highest BCUT2D eigenvalue weighted by Gasteiger charge is 2.32. The number of hydrogen-bond acceptors (Lipinski definition) is 6. The zero-order valence-electron chi connectivity index (χ0n) is 17.6. The number of carbonyl (C=O) groups excluding carboxylic acids is 2. The van der Waals surface area contributed by atoms with Crippen molar-refractivity contribution in [3.63, 3.8) is 0 Å². The van der Waals surface area contributed by atoms with E-state index in [1.807, 2.05) is 29.2 Å². The summed E-state index contributed by atoms with van der Waals surface area (Å²) in [4.78, 5) is 27.2. The Balaban J connectivity index is 1.37. The smallest absolute Gasteiger partial charge is 0.286 e. The van der Waals surface area contributed by atoms with Crippen LogP contribution in [0.25, 0.3) is 0 Å². The van der Waals surface area contributed by atoms with Crippen molar-refractivity contribution < 1.29 is 18.7 Å². The maximum atomic E-state index is 13.0. The third-order valence-corrected chi connectivity index (χ3v) is 6.41. The van der Waals surface area contributed by atoms with Crippen LogP contribution < -0.4 is 10.1 Å². The summed E-state index contributed by atoms with van der Waals surface area (Å²) < 4.78 is 18.2. The lowest BCUT2D eigenvalue weighted by molar-refractivity contribution is -0.132. The Morgan fingerprint density at radius 1 is 1.16 bits per heavy atom. The van der Waals surface area contributed by atoms with Crippen LogP contribution in [-0.2, 0) is 11.2 Å². The first-order valence-corrected chi connectivity index (χ1v) is 11.2. The number of hydrogen-bond donors (Lipinski definition) is 1. The molecule has 1 aliphatic rings. The van der Waals surface area contributed by atoms with Gasteiger partial charge in [-0.3, -0.25) is 9.59 Å². The van der Waals surface area contributed by atoms with E-state index in [0.29, 0.717) is 30.1 Å². The van der Waals surface area contributed by atoms with E-state index < -0.39 is 5.91 Å². The number of aromatic nitrogens is 2. The molecule has 9 heteroatoms. The monoisotopic (exact) mass is 454 g/mol. The Hall–Kier alpha value is -3.33. The van der Waals surface area contributed by atoms with Gasteiger partial charge in [-0.2, -0.15) is 0 Å². The molecule has 2 amide bonds. The van der Waals surface area contributed by atoms with Gasteiger partial charge in [0.2, 0.25) is 10.9 Å². The lowest BCUT2D eigenvalue weighted by atomic mass is 10.1. The van der Waals surface area contributed by atoms with Crippen molar-refractivity contribution in [2.24, 2.45) is 0 Å². The van der Waals surface area contributed by atoms with Gasteiger partial charge in [0.15, 0.2) is 0 Å². The SMILES string of the molecule is COc1ccc(CCC(=O)N2CCC[C@@H]2c2nnc(C(=O)Nc3ccc(F)cc3)s2)cc1. The van der Waals surface area contributed by atoms with Crippen LogP contribution in [0.15, 0.2) is 48.5 Å². The maximum absolute atomic E-state index is 13.0. The van der Waals surface area contributed by atoms with Crippen LogP contribution in [-0.4, -0.2) is 40.6 Å². The minimum absolute atomic E-state index is 0.0656. The van der Waals surface area contributed by atoms with Crippen LogP contribution in [0.2, 0.25) is 0 Å². The number of benzene rings is 2. The summed E-state index contributed by atoms with van der Waals surface area (Å²) in [6.07, 6.45) is 2.73. The van der Waals surface area contributed by atoms with Gasteiger partial charge in [-0.1, -0.05) is 23.5 Å². The summed E-state index contributed by atoms with van der Waals surface area (Å²) in [5.41, 5.74) is 1.55. The van der Waals surface area contributed by atoms with Crippen LogP contribution in [0, 0.1) is 5.82 Å². The Kier molecular flexibility index (Phi) is 6.75. The van der Waals surface area contributed by atoms with Crippen LogP contribution >= 0.6 is 11.3 Å². The van der Waals surface area contributed by atoms with Crippen molar-refractivity contribution in [2.75, 3.05) is 19.0 Å². The van der Waals surface area contributed by atoms with Gasteiger partial charge in [0, 0.05) is 18.7 Å². The molecule has 2 aromatic carbocycles. The van der Waals surface area contributed by atoms with Crippen LogP contribution in [0.4, 0.5) is 10.1 Å². The molecule has 3 aromatic rings. The van der Waals surface area contributed by atoms with E-state index in [1.54, 1.807) is 7.11 Å². The van der Waals surface area contributed by atoms with Gasteiger partial charge < -0.3 is 15.0 Å². The molecule has 1 aliphatic heterocycles. The fourth-order valence-corrected chi connectivity index (χ4v) is 4.57. The number of nitrogens with zero attached hydrogens (tertiary/aromatic N) is 3. The van der Waals surface area contributed by atoms with E-state index in [0.717, 1.165) is 24.2 Å². The van der Waals surface area contributed by atoms with Crippen molar-refractivity contribution in [3.05, 3.63) is 69.9 Å². The summed E-state index contributed by atoms with van der Waals surface area (Å²) in [5.74, 6) is 0.0703. The minimum Gasteiger partial charge on any atom is -0.497 e.